The lowest BCUT2D eigenvalue weighted by Gasteiger charge is -2.36. The van der Waals surface area contributed by atoms with Gasteiger partial charge in [0.2, 0.25) is 5.88 Å². The Balaban J connectivity index is 1.80. The molecule has 29 heavy (non-hydrogen) atoms. The first kappa shape index (κ1) is 22.6. The minimum absolute atomic E-state index is 0.0754. The van der Waals surface area contributed by atoms with Crippen molar-refractivity contribution in [3.8, 4) is 5.88 Å². The minimum Gasteiger partial charge on any atom is -0.475 e. The summed E-state index contributed by atoms with van der Waals surface area (Å²) in [6, 6.07) is 2.10. The van der Waals surface area contributed by atoms with Gasteiger partial charge in [0.1, 0.15) is 17.8 Å². The summed E-state index contributed by atoms with van der Waals surface area (Å²) in [5.41, 5.74) is 4.44. The highest BCUT2D eigenvalue weighted by molar-refractivity contribution is 5.78. The van der Waals surface area contributed by atoms with Gasteiger partial charge in [0.05, 0.1) is 6.54 Å². The Hall–Kier alpha value is -2.72. The predicted octanol–water partition coefficient (Wildman–Crippen LogP) is 2.35. The van der Waals surface area contributed by atoms with Gasteiger partial charge in [-0.05, 0) is 32.9 Å². The second kappa shape index (κ2) is 9.19. The maximum absolute atomic E-state index is 12.9. The molecular formula is C18H26F3N5O3. The summed E-state index contributed by atoms with van der Waals surface area (Å²) in [7, 11) is 0. The average molecular weight is 417 g/mol. The lowest BCUT2D eigenvalue weighted by molar-refractivity contribution is -0.139. The molecule has 1 aromatic heterocycles. The molecule has 1 saturated heterocycles. The molecule has 1 aliphatic rings. The van der Waals surface area contributed by atoms with Gasteiger partial charge in [-0.2, -0.15) is 13.2 Å². The Bertz CT molecular complexity index is 726. The second-order valence-corrected chi connectivity index (χ2v) is 7.40. The Morgan fingerprint density at radius 1 is 1.21 bits per heavy atom. The van der Waals surface area contributed by atoms with Gasteiger partial charge in [0.15, 0.2) is 5.96 Å². The Labute approximate surface area is 167 Å². The number of alkyl halides is 3. The molecule has 0 aliphatic carbocycles. The van der Waals surface area contributed by atoms with E-state index in [9.17, 15) is 18.0 Å². The Kier molecular flexibility index (Phi) is 7.15. The number of aromatic nitrogens is 1. The topological polar surface area (TPSA) is 93.3 Å². The first-order chi connectivity index (χ1) is 13.5. The number of aliphatic imine (C=N–C) groups is 1. The molecule has 8 nitrogen and oxygen atoms in total. The van der Waals surface area contributed by atoms with Crippen LogP contribution in [0.3, 0.4) is 0 Å². The van der Waals surface area contributed by atoms with Crippen molar-refractivity contribution >= 4 is 12.1 Å². The third kappa shape index (κ3) is 6.99. The molecule has 0 bridgehead atoms. The molecule has 0 unspecified atom stereocenters. The van der Waals surface area contributed by atoms with Gasteiger partial charge in [-0.25, -0.2) is 14.8 Å². The summed E-state index contributed by atoms with van der Waals surface area (Å²) < 4.78 is 49.1. The van der Waals surface area contributed by atoms with Crippen LogP contribution in [-0.2, 0) is 10.9 Å². The van der Waals surface area contributed by atoms with E-state index in [4.69, 9.17) is 15.2 Å². The zero-order valence-electron chi connectivity index (χ0n) is 16.7. The van der Waals surface area contributed by atoms with Crippen molar-refractivity contribution < 1.29 is 27.4 Å². The van der Waals surface area contributed by atoms with Crippen LogP contribution in [0.15, 0.2) is 23.3 Å². The maximum Gasteiger partial charge on any atom is 0.421 e. The second-order valence-electron chi connectivity index (χ2n) is 7.40. The number of nitrogens with two attached hydrogens (primary N) is 1. The Morgan fingerprint density at radius 3 is 2.41 bits per heavy atom. The molecule has 0 atom stereocenters. The molecule has 1 aliphatic heterocycles. The molecule has 1 amide bonds. The number of carbonyl (C=O) groups is 1. The van der Waals surface area contributed by atoms with E-state index in [-0.39, 0.29) is 25.2 Å². The fourth-order valence-corrected chi connectivity index (χ4v) is 2.57. The number of hydrogen-bond donors (Lipinski definition) is 1. The number of ether oxygens (including phenoxy) is 2. The normalized spacial score (nSPS) is 16.0. The molecule has 2 heterocycles. The molecule has 1 fully saturated rings. The number of carbonyl (C=O) groups excluding carboxylic acids is 1. The SMILES string of the molecule is CC(C)(C)OC(=O)N1CCN(C(N)=NCCOc2ncccc2C(F)(F)F)CC1. The molecule has 1 aromatic rings. The monoisotopic (exact) mass is 417 g/mol. The summed E-state index contributed by atoms with van der Waals surface area (Å²) in [5, 5.41) is 0. The first-order valence-electron chi connectivity index (χ1n) is 9.15. The smallest absolute Gasteiger partial charge is 0.421 e. The largest absolute Gasteiger partial charge is 0.475 e. The van der Waals surface area contributed by atoms with Crippen molar-refractivity contribution in [3.05, 3.63) is 23.9 Å². The standard InChI is InChI=1S/C18H26F3N5O3/c1-17(2,3)29-16(27)26-10-8-25(9-11-26)15(22)24-7-12-28-14-13(18(19,20)21)5-4-6-23-14/h4-6H,7-12H2,1-3H3,(H2,22,24). The third-order valence-corrected chi connectivity index (χ3v) is 3.94. The van der Waals surface area contributed by atoms with Crippen molar-refractivity contribution in [1.29, 1.82) is 0 Å². The van der Waals surface area contributed by atoms with E-state index in [0.717, 1.165) is 6.07 Å². The van der Waals surface area contributed by atoms with Crippen LogP contribution in [0.1, 0.15) is 26.3 Å². The molecule has 2 rings (SSSR count). The van der Waals surface area contributed by atoms with E-state index < -0.39 is 23.2 Å². The van der Waals surface area contributed by atoms with Gasteiger partial charge in [-0.15, -0.1) is 0 Å². The quantitative estimate of drug-likeness (QED) is 0.459. The molecule has 162 valence electrons. The van der Waals surface area contributed by atoms with Gasteiger partial charge in [0, 0.05) is 32.4 Å². The zero-order valence-corrected chi connectivity index (χ0v) is 16.7. The maximum atomic E-state index is 12.9. The number of hydrogen-bond acceptors (Lipinski definition) is 5. The van der Waals surface area contributed by atoms with Crippen LogP contribution >= 0.6 is 0 Å². The van der Waals surface area contributed by atoms with Crippen LogP contribution in [0.4, 0.5) is 18.0 Å². The summed E-state index contributed by atoms with van der Waals surface area (Å²) in [6.45, 7) is 7.21. The van der Waals surface area contributed by atoms with Crippen LogP contribution in [0.25, 0.3) is 0 Å². The van der Waals surface area contributed by atoms with Crippen molar-refractivity contribution in [1.82, 2.24) is 14.8 Å². The molecule has 2 N–H and O–H groups in total. The van der Waals surface area contributed by atoms with Crippen LogP contribution in [0.2, 0.25) is 0 Å². The predicted molar refractivity (Wildman–Crippen MR) is 101 cm³/mol. The molecular weight excluding hydrogens is 391 g/mol. The summed E-state index contributed by atoms with van der Waals surface area (Å²) in [5.74, 6) is -0.241. The number of pyridine rings is 1. The summed E-state index contributed by atoms with van der Waals surface area (Å²) >= 11 is 0. The Morgan fingerprint density at radius 2 is 1.83 bits per heavy atom. The average Bonchev–Trinajstić information content (AvgIpc) is 2.63. The van der Waals surface area contributed by atoms with Crippen LogP contribution in [0.5, 0.6) is 5.88 Å². The number of amides is 1. The van der Waals surface area contributed by atoms with Crippen LogP contribution in [0, 0.1) is 0 Å². The summed E-state index contributed by atoms with van der Waals surface area (Å²) in [6.07, 6.45) is -3.69. The van der Waals surface area contributed by atoms with Crippen molar-refractivity contribution in [2.75, 3.05) is 39.3 Å². The van der Waals surface area contributed by atoms with Gasteiger partial charge < -0.3 is 25.0 Å². The highest BCUT2D eigenvalue weighted by Gasteiger charge is 2.35. The van der Waals surface area contributed by atoms with Crippen molar-refractivity contribution in [2.24, 2.45) is 10.7 Å². The highest BCUT2D eigenvalue weighted by Crippen LogP contribution is 2.34. The van der Waals surface area contributed by atoms with Gasteiger partial charge >= 0.3 is 12.3 Å². The highest BCUT2D eigenvalue weighted by atomic mass is 19.4. The molecule has 11 heteroatoms. The number of guanidine groups is 1. The lowest BCUT2D eigenvalue weighted by Crippen LogP contribution is -2.53. The lowest BCUT2D eigenvalue weighted by atomic mass is 10.2. The van der Waals surface area contributed by atoms with E-state index >= 15 is 0 Å². The minimum atomic E-state index is -4.54. The van der Waals surface area contributed by atoms with E-state index in [1.54, 1.807) is 30.6 Å². The first-order valence-corrected chi connectivity index (χ1v) is 9.15. The van der Waals surface area contributed by atoms with Crippen molar-refractivity contribution in [3.63, 3.8) is 0 Å². The van der Waals surface area contributed by atoms with Crippen LogP contribution < -0.4 is 10.5 Å². The number of nitrogens with zero attached hydrogens (tertiary/aromatic N) is 4. The van der Waals surface area contributed by atoms with Crippen molar-refractivity contribution in [2.45, 2.75) is 32.5 Å². The zero-order chi connectivity index (χ0) is 21.7. The molecule has 0 aromatic carbocycles. The summed E-state index contributed by atoms with van der Waals surface area (Å²) in [4.78, 5) is 23.2. The van der Waals surface area contributed by atoms with E-state index in [0.29, 0.717) is 26.2 Å². The third-order valence-electron chi connectivity index (χ3n) is 3.94. The van der Waals surface area contributed by atoms with Gasteiger partial charge in [0.25, 0.3) is 0 Å². The molecule has 0 radical (unpaired) electrons. The fraction of sp³-hybridized carbons (Fsp3) is 0.611. The number of rotatable bonds is 4. The van der Waals surface area contributed by atoms with E-state index in [1.807, 2.05) is 0 Å². The number of piperazine rings is 1. The molecule has 0 spiro atoms. The van der Waals surface area contributed by atoms with E-state index in [1.165, 1.54) is 12.3 Å². The fourth-order valence-electron chi connectivity index (χ4n) is 2.57. The van der Waals surface area contributed by atoms with Gasteiger partial charge in [-0.3, -0.25) is 0 Å². The molecule has 0 saturated carbocycles. The number of halogens is 3. The van der Waals surface area contributed by atoms with Crippen LogP contribution in [-0.4, -0.2) is 71.8 Å². The van der Waals surface area contributed by atoms with E-state index in [2.05, 4.69) is 9.98 Å². The van der Waals surface area contributed by atoms with Gasteiger partial charge in [-0.1, -0.05) is 0 Å².